The van der Waals surface area contributed by atoms with Gasteiger partial charge in [0.05, 0.1) is 11.3 Å². The molecule has 40 heavy (non-hydrogen) atoms. The first-order chi connectivity index (χ1) is 18.8. The fourth-order valence-electron chi connectivity index (χ4n) is 11.8. The van der Waals surface area contributed by atoms with E-state index in [4.69, 9.17) is 5.11 Å². The SMILES string of the molecule is CC(C)C1CCC2(C(=O)NCC(=O)O)CCC3C(CCC4C5(C)CCCC(C)C5CCC34C)C12.O=C(O)C1CC1. The van der Waals surface area contributed by atoms with Crippen molar-refractivity contribution in [3.63, 3.8) is 0 Å². The summed E-state index contributed by atoms with van der Waals surface area (Å²) in [5.74, 6) is 4.05. The summed E-state index contributed by atoms with van der Waals surface area (Å²) >= 11 is 0. The lowest BCUT2D eigenvalue weighted by Gasteiger charge is -2.67. The van der Waals surface area contributed by atoms with Crippen LogP contribution in [0.15, 0.2) is 0 Å². The topological polar surface area (TPSA) is 104 Å². The van der Waals surface area contributed by atoms with Gasteiger partial charge >= 0.3 is 11.9 Å². The van der Waals surface area contributed by atoms with Crippen molar-refractivity contribution >= 4 is 17.8 Å². The van der Waals surface area contributed by atoms with Gasteiger partial charge in [-0.05, 0) is 129 Å². The summed E-state index contributed by atoms with van der Waals surface area (Å²) in [4.78, 5) is 34.6. The maximum absolute atomic E-state index is 13.6. The minimum absolute atomic E-state index is 0.0185. The minimum Gasteiger partial charge on any atom is -0.481 e. The first-order valence-electron chi connectivity index (χ1n) is 16.6. The zero-order chi connectivity index (χ0) is 29.0. The lowest BCUT2D eigenvalue weighted by Crippen LogP contribution is -2.62. The minimum atomic E-state index is -0.937. The summed E-state index contributed by atoms with van der Waals surface area (Å²) in [6, 6.07) is 0. The van der Waals surface area contributed by atoms with E-state index >= 15 is 0 Å². The highest BCUT2D eigenvalue weighted by molar-refractivity contribution is 5.86. The van der Waals surface area contributed by atoms with Crippen molar-refractivity contribution in [3.8, 4) is 0 Å². The molecule has 10 atom stereocenters. The highest BCUT2D eigenvalue weighted by Crippen LogP contribution is 2.72. The number of rotatable bonds is 5. The van der Waals surface area contributed by atoms with Crippen molar-refractivity contribution in [1.29, 1.82) is 0 Å². The van der Waals surface area contributed by atoms with Crippen molar-refractivity contribution < 1.29 is 24.6 Å². The average molecular weight is 558 g/mol. The molecule has 10 unspecified atom stereocenters. The smallest absolute Gasteiger partial charge is 0.322 e. The van der Waals surface area contributed by atoms with Crippen molar-refractivity contribution in [3.05, 3.63) is 0 Å². The maximum Gasteiger partial charge on any atom is 0.322 e. The van der Waals surface area contributed by atoms with Gasteiger partial charge in [0.25, 0.3) is 0 Å². The number of carbonyl (C=O) groups is 3. The van der Waals surface area contributed by atoms with E-state index in [2.05, 4.69) is 39.9 Å². The predicted molar refractivity (Wildman–Crippen MR) is 155 cm³/mol. The zero-order valence-electron chi connectivity index (χ0n) is 25.7. The number of hydrogen-bond donors (Lipinski definition) is 3. The Kier molecular flexibility index (Phi) is 8.15. The van der Waals surface area contributed by atoms with Crippen LogP contribution in [0.25, 0.3) is 0 Å². The van der Waals surface area contributed by atoms with Crippen molar-refractivity contribution in [2.24, 2.45) is 69.5 Å². The number of nitrogens with one attached hydrogen (secondary N) is 1. The molecule has 0 spiro atoms. The third-order valence-electron chi connectivity index (χ3n) is 13.7. The fourth-order valence-corrected chi connectivity index (χ4v) is 11.8. The van der Waals surface area contributed by atoms with Gasteiger partial charge in [0.2, 0.25) is 5.91 Å². The second kappa shape index (κ2) is 10.9. The van der Waals surface area contributed by atoms with Gasteiger partial charge in [0.15, 0.2) is 0 Å². The Morgan fingerprint density at radius 3 is 2.08 bits per heavy atom. The molecule has 6 aliphatic carbocycles. The van der Waals surface area contributed by atoms with Crippen LogP contribution in [0, 0.1) is 69.5 Å². The number of aliphatic carboxylic acids is 2. The third-order valence-corrected chi connectivity index (χ3v) is 13.7. The van der Waals surface area contributed by atoms with Gasteiger partial charge in [-0.3, -0.25) is 14.4 Å². The molecule has 6 fully saturated rings. The number of hydrogen-bond acceptors (Lipinski definition) is 3. The molecule has 226 valence electrons. The highest BCUT2D eigenvalue weighted by atomic mass is 16.4. The molecule has 1 amide bonds. The van der Waals surface area contributed by atoms with Crippen LogP contribution in [0.2, 0.25) is 0 Å². The van der Waals surface area contributed by atoms with Gasteiger partial charge in [0.1, 0.15) is 6.54 Å². The number of carboxylic acids is 2. The Labute approximate surface area is 241 Å². The molecule has 6 nitrogen and oxygen atoms in total. The lowest BCUT2D eigenvalue weighted by molar-refractivity contribution is -0.190. The molecular weight excluding hydrogens is 502 g/mol. The van der Waals surface area contributed by atoms with Gasteiger partial charge in [-0.25, -0.2) is 0 Å². The van der Waals surface area contributed by atoms with Crippen LogP contribution >= 0.6 is 0 Å². The molecule has 0 saturated heterocycles. The molecule has 0 aromatic heterocycles. The van der Waals surface area contributed by atoms with Gasteiger partial charge in [0, 0.05) is 0 Å². The molecule has 0 aliphatic heterocycles. The first-order valence-corrected chi connectivity index (χ1v) is 16.6. The summed E-state index contributed by atoms with van der Waals surface area (Å²) in [5, 5.41) is 20.1. The van der Waals surface area contributed by atoms with Gasteiger partial charge in [-0.2, -0.15) is 0 Å². The van der Waals surface area contributed by atoms with Gasteiger partial charge in [-0.15, -0.1) is 0 Å². The monoisotopic (exact) mass is 557 g/mol. The predicted octanol–water partition coefficient (Wildman–Crippen LogP) is 7.02. The molecule has 0 aromatic carbocycles. The van der Waals surface area contributed by atoms with E-state index in [1.807, 2.05) is 0 Å². The lowest BCUT2D eigenvalue weighted by atomic mass is 9.37. The summed E-state index contributed by atoms with van der Waals surface area (Å²) in [7, 11) is 0. The molecule has 6 saturated carbocycles. The standard InChI is InChI=1S/C30H49NO3.C4H6O2/c1-18(2)20-10-15-30(27(34)31-17-25(32)33)16-12-23-21(26(20)30)8-9-24-28(4)13-6-7-19(3)22(28)11-14-29(23,24)5;5-4(6)3-1-2-3/h18-24,26H,6-17H2,1-5H3,(H,31,34)(H,32,33);3H,1-2H2,(H,5,6). The second-order valence-electron chi connectivity index (χ2n) is 15.8. The second-order valence-corrected chi connectivity index (χ2v) is 15.8. The average Bonchev–Trinajstić information content (AvgIpc) is 3.67. The number of amides is 1. The van der Waals surface area contributed by atoms with Crippen LogP contribution in [0.5, 0.6) is 0 Å². The first kappa shape index (κ1) is 29.9. The van der Waals surface area contributed by atoms with Crippen LogP contribution in [0.4, 0.5) is 0 Å². The summed E-state index contributed by atoms with van der Waals surface area (Å²) in [6.07, 6.45) is 15.6. The van der Waals surface area contributed by atoms with Crippen LogP contribution in [-0.4, -0.2) is 34.6 Å². The Morgan fingerprint density at radius 2 is 1.48 bits per heavy atom. The van der Waals surface area contributed by atoms with Crippen LogP contribution in [0.1, 0.15) is 118 Å². The van der Waals surface area contributed by atoms with E-state index in [-0.39, 0.29) is 23.8 Å². The Bertz CT molecular complexity index is 991. The molecule has 6 rings (SSSR count). The van der Waals surface area contributed by atoms with E-state index in [0.29, 0.717) is 34.5 Å². The fraction of sp³-hybridized carbons (Fsp3) is 0.912. The van der Waals surface area contributed by atoms with Crippen LogP contribution in [-0.2, 0) is 14.4 Å². The normalized spacial score (nSPS) is 45.6. The molecule has 0 bridgehead atoms. The quantitative estimate of drug-likeness (QED) is 0.337. The summed E-state index contributed by atoms with van der Waals surface area (Å²) in [6.45, 7) is 12.3. The zero-order valence-corrected chi connectivity index (χ0v) is 25.7. The van der Waals surface area contributed by atoms with E-state index in [1.165, 1.54) is 44.9 Å². The molecule has 6 aliphatic rings. The molecular formula is C34H55NO5. The van der Waals surface area contributed by atoms with Gasteiger partial charge < -0.3 is 15.5 Å². The Balaban J connectivity index is 0.000000477. The molecule has 0 radical (unpaired) electrons. The number of fused-ring (bicyclic) bond motifs is 7. The number of carbonyl (C=O) groups excluding carboxylic acids is 1. The maximum atomic E-state index is 13.6. The van der Waals surface area contributed by atoms with Crippen LogP contribution < -0.4 is 5.32 Å². The summed E-state index contributed by atoms with van der Waals surface area (Å²) in [5.41, 5.74) is 0.560. The number of carboxylic acid groups (broad SMARTS) is 2. The van der Waals surface area contributed by atoms with Crippen molar-refractivity contribution in [1.82, 2.24) is 5.32 Å². The van der Waals surface area contributed by atoms with Crippen molar-refractivity contribution in [2.45, 2.75) is 118 Å². The van der Waals surface area contributed by atoms with E-state index < -0.39 is 11.9 Å². The molecule has 0 aromatic rings. The van der Waals surface area contributed by atoms with Crippen LogP contribution in [0.3, 0.4) is 0 Å². The Morgan fingerprint density at radius 1 is 0.825 bits per heavy atom. The van der Waals surface area contributed by atoms with E-state index in [0.717, 1.165) is 62.2 Å². The largest absolute Gasteiger partial charge is 0.481 e. The van der Waals surface area contributed by atoms with Crippen molar-refractivity contribution in [2.75, 3.05) is 6.54 Å². The molecule has 6 heteroatoms. The van der Waals surface area contributed by atoms with E-state index in [9.17, 15) is 19.5 Å². The summed E-state index contributed by atoms with van der Waals surface area (Å²) < 4.78 is 0. The molecule has 0 heterocycles. The van der Waals surface area contributed by atoms with Gasteiger partial charge in [-0.1, -0.05) is 47.5 Å². The van der Waals surface area contributed by atoms with E-state index in [1.54, 1.807) is 0 Å². The Hall–Kier alpha value is -1.59. The third kappa shape index (κ3) is 4.91. The highest BCUT2D eigenvalue weighted by Gasteiger charge is 2.67. The molecule has 3 N–H and O–H groups in total.